The Labute approximate surface area is 201 Å². The highest BCUT2D eigenvalue weighted by Gasteiger charge is 2.16. The number of unbranched alkanes of at least 4 members (excludes halogenated alkanes) is 12. The average molecular weight is 448 g/mol. The molecule has 0 atom stereocenters. The number of fused-ring (bicyclic) bond motifs is 3. The minimum Gasteiger partial charge on any atom is -0.399 e. The van der Waals surface area contributed by atoms with E-state index in [0.717, 1.165) is 18.7 Å². The normalized spacial score (nSPS) is 11.6. The summed E-state index contributed by atoms with van der Waals surface area (Å²) in [6.45, 7) is 5.41. The van der Waals surface area contributed by atoms with E-state index in [9.17, 15) is 0 Å². The van der Waals surface area contributed by atoms with E-state index in [1.165, 1.54) is 111 Å². The molecule has 180 valence electrons. The number of pyridine rings is 1. The Morgan fingerprint density at radius 3 is 1.91 bits per heavy atom. The number of anilines is 1. The van der Waals surface area contributed by atoms with Gasteiger partial charge in [-0.15, -0.1) is 0 Å². The van der Waals surface area contributed by atoms with Crippen molar-refractivity contribution >= 4 is 16.5 Å². The zero-order chi connectivity index (χ0) is 23.5. The molecular weight excluding hydrogens is 402 g/mol. The number of nitrogens with one attached hydrogen (secondary N) is 1. The zero-order valence-electron chi connectivity index (χ0n) is 21.1. The first-order valence-corrected chi connectivity index (χ1v) is 13.5. The molecule has 1 aliphatic heterocycles. The molecule has 1 aromatic carbocycles. The van der Waals surface area contributed by atoms with Crippen molar-refractivity contribution in [3.8, 4) is 11.3 Å². The fourth-order valence-corrected chi connectivity index (χ4v) is 5.25. The van der Waals surface area contributed by atoms with E-state index in [0.29, 0.717) is 5.36 Å². The van der Waals surface area contributed by atoms with E-state index in [2.05, 4.69) is 36.6 Å². The SMILES string of the molecule is CCCCCCCCCCCCCCCc1c2cc(N)ccc2c2ccc(=N)cc-2n1CC. The fourth-order valence-electron chi connectivity index (χ4n) is 5.25. The van der Waals surface area contributed by atoms with Gasteiger partial charge in [-0.05, 0) is 49.4 Å². The molecule has 0 saturated heterocycles. The number of nitrogen functional groups attached to an aromatic ring is 1. The predicted octanol–water partition coefficient (Wildman–Crippen LogP) is 8.46. The van der Waals surface area contributed by atoms with E-state index in [-0.39, 0.29) is 0 Å². The lowest BCUT2D eigenvalue weighted by Crippen LogP contribution is -2.13. The number of nitrogens with two attached hydrogens (primary N) is 1. The lowest BCUT2D eigenvalue weighted by Gasteiger charge is -2.23. The molecule has 0 saturated carbocycles. The molecule has 3 rings (SSSR count). The second-order valence-electron chi connectivity index (χ2n) is 9.72. The second-order valence-corrected chi connectivity index (χ2v) is 9.72. The van der Waals surface area contributed by atoms with Gasteiger partial charge in [-0.3, -0.25) is 0 Å². The standard InChI is InChI=1S/C30H45N3/c1-3-5-6-7-8-9-10-11-12-13-14-15-16-17-29-28-22-24(31)18-20-26(28)27-21-19-25(32)23-30(27)33(29)4-2/h18-23,32H,3-17,31H2,1-2H3. The summed E-state index contributed by atoms with van der Waals surface area (Å²) in [7, 11) is 0. The van der Waals surface area contributed by atoms with Gasteiger partial charge in [0, 0.05) is 28.9 Å². The van der Waals surface area contributed by atoms with Gasteiger partial charge in [0.1, 0.15) is 0 Å². The van der Waals surface area contributed by atoms with Crippen LogP contribution in [-0.4, -0.2) is 4.57 Å². The lowest BCUT2D eigenvalue weighted by molar-refractivity contribution is 0.537. The van der Waals surface area contributed by atoms with Gasteiger partial charge in [0.05, 0.1) is 11.1 Å². The predicted molar refractivity (Wildman–Crippen MR) is 144 cm³/mol. The van der Waals surface area contributed by atoms with Crippen molar-refractivity contribution in [1.82, 2.24) is 4.57 Å². The third-order valence-electron chi connectivity index (χ3n) is 7.09. The molecule has 33 heavy (non-hydrogen) atoms. The van der Waals surface area contributed by atoms with Crippen molar-refractivity contribution in [3.05, 3.63) is 47.4 Å². The Morgan fingerprint density at radius 1 is 0.697 bits per heavy atom. The Bertz CT molecular complexity index is 1020. The van der Waals surface area contributed by atoms with Gasteiger partial charge in [0.2, 0.25) is 0 Å². The monoisotopic (exact) mass is 447 g/mol. The van der Waals surface area contributed by atoms with Crippen molar-refractivity contribution in [2.75, 3.05) is 5.73 Å². The Hall–Kier alpha value is -2.29. The molecule has 0 aromatic heterocycles. The highest BCUT2D eigenvalue weighted by molar-refractivity contribution is 5.99. The molecule has 0 fully saturated rings. The van der Waals surface area contributed by atoms with Crippen LogP contribution in [0.25, 0.3) is 22.0 Å². The number of aromatic nitrogens is 1. The number of aryl methyl sites for hydroxylation is 1. The van der Waals surface area contributed by atoms with E-state index < -0.39 is 0 Å². The summed E-state index contributed by atoms with van der Waals surface area (Å²) in [4.78, 5) is 0. The van der Waals surface area contributed by atoms with Gasteiger partial charge in [0.25, 0.3) is 0 Å². The fraction of sp³-hybridized carbons (Fsp3) is 0.567. The van der Waals surface area contributed by atoms with E-state index in [1.54, 1.807) is 0 Å². The largest absolute Gasteiger partial charge is 0.399 e. The molecule has 1 aliphatic carbocycles. The van der Waals surface area contributed by atoms with Crippen LogP contribution in [0.3, 0.4) is 0 Å². The highest BCUT2D eigenvalue weighted by atomic mass is 15.0. The summed E-state index contributed by atoms with van der Waals surface area (Å²) in [6.07, 6.45) is 19.0. The molecular formula is C30H45N3. The Kier molecular flexibility index (Phi) is 10.3. The molecule has 1 aromatic rings. The number of hydrogen-bond donors (Lipinski definition) is 2. The lowest BCUT2D eigenvalue weighted by atomic mass is 9.95. The van der Waals surface area contributed by atoms with E-state index >= 15 is 0 Å². The first-order valence-electron chi connectivity index (χ1n) is 13.5. The summed E-state index contributed by atoms with van der Waals surface area (Å²) in [5.74, 6) is 0. The Balaban J connectivity index is 1.52. The number of benzene rings is 2. The van der Waals surface area contributed by atoms with Gasteiger partial charge in [-0.1, -0.05) is 96.1 Å². The van der Waals surface area contributed by atoms with Crippen LogP contribution in [0.2, 0.25) is 0 Å². The molecule has 0 spiro atoms. The Morgan fingerprint density at radius 2 is 1.30 bits per heavy atom. The van der Waals surface area contributed by atoms with Crippen LogP contribution in [0.5, 0.6) is 0 Å². The molecule has 3 nitrogen and oxygen atoms in total. The maximum absolute atomic E-state index is 8.14. The summed E-state index contributed by atoms with van der Waals surface area (Å²) in [6, 6.07) is 12.3. The van der Waals surface area contributed by atoms with Gasteiger partial charge in [-0.25, -0.2) is 0 Å². The minimum atomic E-state index is 0.575. The van der Waals surface area contributed by atoms with Crippen LogP contribution < -0.4 is 11.1 Å². The maximum atomic E-state index is 8.14. The molecule has 0 unspecified atom stereocenters. The summed E-state index contributed by atoms with van der Waals surface area (Å²) < 4.78 is 2.41. The molecule has 2 aliphatic rings. The summed E-state index contributed by atoms with van der Waals surface area (Å²) in [5, 5.41) is 11.3. The van der Waals surface area contributed by atoms with Crippen LogP contribution in [-0.2, 0) is 13.0 Å². The molecule has 3 N–H and O–H groups in total. The van der Waals surface area contributed by atoms with Gasteiger partial charge in [-0.2, -0.15) is 0 Å². The average Bonchev–Trinajstić information content (AvgIpc) is 2.81. The van der Waals surface area contributed by atoms with Crippen molar-refractivity contribution in [2.24, 2.45) is 0 Å². The summed E-state index contributed by atoms with van der Waals surface area (Å²) >= 11 is 0. The first kappa shape index (κ1) is 25.3. The van der Waals surface area contributed by atoms with Gasteiger partial charge in [0.15, 0.2) is 0 Å². The summed E-state index contributed by atoms with van der Waals surface area (Å²) in [5.41, 5.74) is 10.8. The van der Waals surface area contributed by atoms with Crippen LogP contribution in [0.4, 0.5) is 5.69 Å². The third kappa shape index (κ3) is 7.09. The number of rotatable bonds is 15. The van der Waals surface area contributed by atoms with Gasteiger partial charge < -0.3 is 15.7 Å². The van der Waals surface area contributed by atoms with Crippen molar-refractivity contribution < 1.29 is 0 Å². The minimum absolute atomic E-state index is 0.575. The maximum Gasteiger partial charge on any atom is 0.0561 e. The van der Waals surface area contributed by atoms with Crippen LogP contribution >= 0.6 is 0 Å². The van der Waals surface area contributed by atoms with Gasteiger partial charge >= 0.3 is 0 Å². The van der Waals surface area contributed by atoms with Crippen LogP contribution in [0, 0.1) is 5.41 Å². The number of nitrogens with zero attached hydrogens (tertiary/aromatic N) is 1. The zero-order valence-corrected chi connectivity index (χ0v) is 21.1. The van der Waals surface area contributed by atoms with Crippen LogP contribution in [0.1, 0.15) is 103 Å². The molecule has 0 bridgehead atoms. The quantitative estimate of drug-likeness (QED) is 0.137. The van der Waals surface area contributed by atoms with E-state index in [4.69, 9.17) is 11.1 Å². The number of hydrogen-bond acceptors (Lipinski definition) is 2. The van der Waals surface area contributed by atoms with E-state index in [1.807, 2.05) is 18.2 Å². The van der Waals surface area contributed by atoms with Crippen molar-refractivity contribution in [3.63, 3.8) is 0 Å². The van der Waals surface area contributed by atoms with Crippen molar-refractivity contribution in [1.29, 1.82) is 5.41 Å². The third-order valence-corrected chi connectivity index (χ3v) is 7.09. The smallest absolute Gasteiger partial charge is 0.0561 e. The molecule has 0 amide bonds. The molecule has 1 heterocycles. The highest BCUT2D eigenvalue weighted by Crippen LogP contribution is 2.35. The van der Waals surface area contributed by atoms with Crippen molar-refractivity contribution in [2.45, 2.75) is 110 Å². The molecule has 3 heteroatoms. The molecule has 0 radical (unpaired) electrons. The van der Waals surface area contributed by atoms with Crippen LogP contribution in [0.15, 0.2) is 36.4 Å². The first-order chi connectivity index (χ1) is 16.2. The second kappa shape index (κ2) is 13.4. The topological polar surface area (TPSA) is 54.8 Å².